The Morgan fingerprint density at radius 1 is 1.45 bits per heavy atom. The van der Waals surface area contributed by atoms with E-state index in [1.807, 2.05) is 13.8 Å². The van der Waals surface area contributed by atoms with Gasteiger partial charge >= 0.3 is 5.97 Å². The second-order valence-electron chi connectivity index (χ2n) is 4.86. The zero-order valence-electron chi connectivity index (χ0n) is 12.4. The molecule has 0 amide bonds. The number of aliphatic carboxylic acids is 1. The molecule has 0 aliphatic carbocycles. The van der Waals surface area contributed by atoms with E-state index in [2.05, 4.69) is 5.10 Å². The van der Waals surface area contributed by atoms with Crippen molar-refractivity contribution in [3.05, 3.63) is 11.9 Å². The second kappa shape index (κ2) is 5.92. The van der Waals surface area contributed by atoms with Crippen LogP contribution in [0.15, 0.2) is 11.1 Å². The van der Waals surface area contributed by atoms with Crippen LogP contribution in [0, 0.1) is 6.92 Å². The van der Waals surface area contributed by atoms with E-state index in [1.165, 1.54) is 13.1 Å². The molecule has 20 heavy (non-hydrogen) atoms. The van der Waals surface area contributed by atoms with Crippen LogP contribution in [0.25, 0.3) is 0 Å². The first-order valence-electron chi connectivity index (χ1n) is 6.43. The molecule has 1 atom stereocenters. The smallest absolute Gasteiger partial charge is 0.321 e. The summed E-state index contributed by atoms with van der Waals surface area (Å²) in [6.45, 7) is 8.51. The number of carbonyl (C=O) groups is 1. The van der Waals surface area contributed by atoms with Crippen molar-refractivity contribution in [2.45, 2.75) is 51.6 Å². The number of nitrogens with zero attached hydrogens (tertiary/aromatic N) is 3. The lowest BCUT2D eigenvalue weighted by Crippen LogP contribution is -2.43. The first-order valence-corrected chi connectivity index (χ1v) is 7.87. The topological polar surface area (TPSA) is 92.5 Å². The highest BCUT2D eigenvalue weighted by Crippen LogP contribution is 2.23. The van der Waals surface area contributed by atoms with Crippen molar-refractivity contribution in [2.75, 3.05) is 6.54 Å². The van der Waals surface area contributed by atoms with Crippen LogP contribution in [0.2, 0.25) is 0 Å². The first kappa shape index (κ1) is 16.6. The summed E-state index contributed by atoms with van der Waals surface area (Å²) in [5, 5.41) is 13.1. The fourth-order valence-corrected chi connectivity index (χ4v) is 3.83. The molecule has 114 valence electrons. The van der Waals surface area contributed by atoms with Crippen LogP contribution in [0.5, 0.6) is 0 Å². The molecule has 0 aromatic carbocycles. The maximum atomic E-state index is 12.6. The third kappa shape index (κ3) is 2.85. The lowest BCUT2D eigenvalue weighted by atomic mass is 10.3. The SMILES string of the molecule is CCN(C(C)C(=O)O)S(=O)(=O)c1cnn(C(C)C)c1C. The first-order chi connectivity index (χ1) is 9.14. The van der Waals surface area contributed by atoms with Gasteiger partial charge in [-0.15, -0.1) is 0 Å². The summed E-state index contributed by atoms with van der Waals surface area (Å²) in [5.41, 5.74) is 0.510. The summed E-state index contributed by atoms with van der Waals surface area (Å²) in [7, 11) is -3.87. The largest absolute Gasteiger partial charge is 0.480 e. The molecule has 0 saturated heterocycles. The molecule has 1 aromatic heterocycles. The van der Waals surface area contributed by atoms with Gasteiger partial charge in [0.15, 0.2) is 0 Å². The Kier molecular flexibility index (Phi) is 4.93. The Bertz CT molecular complexity index is 592. The van der Waals surface area contributed by atoms with E-state index in [9.17, 15) is 13.2 Å². The minimum absolute atomic E-state index is 0.0333. The van der Waals surface area contributed by atoms with Gasteiger partial charge in [-0.1, -0.05) is 6.92 Å². The fourth-order valence-electron chi connectivity index (χ4n) is 2.08. The van der Waals surface area contributed by atoms with Gasteiger partial charge in [0.25, 0.3) is 0 Å². The van der Waals surface area contributed by atoms with Crippen molar-refractivity contribution in [1.29, 1.82) is 0 Å². The molecule has 0 bridgehead atoms. The molecule has 0 saturated carbocycles. The number of sulfonamides is 1. The lowest BCUT2D eigenvalue weighted by molar-refractivity contribution is -0.140. The number of carboxylic acids is 1. The average Bonchev–Trinajstić information content (AvgIpc) is 2.71. The molecule has 1 rings (SSSR count). The van der Waals surface area contributed by atoms with Gasteiger partial charge in [0.05, 0.1) is 11.9 Å². The number of hydrogen-bond donors (Lipinski definition) is 1. The fraction of sp³-hybridized carbons (Fsp3) is 0.667. The molecule has 0 fully saturated rings. The highest BCUT2D eigenvalue weighted by atomic mass is 32.2. The molecule has 8 heteroatoms. The highest BCUT2D eigenvalue weighted by Gasteiger charge is 2.34. The van der Waals surface area contributed by atoms with Gasteiger partial charge in [0.1, 0.15) is 10.9 Å². The summed E-state index contributed by atoms with van der Waals surface area (Å²) in [4.78, 5) is 11.1. The molecule has 0 aliphatic rings. The zero-order chi connectivity index (χ0) is 15.7. The second-order valence-corrected chi connectivity index (χ2v) is 6.71. The van der Waals surface area contributed by atoms with Crippen LogP contribution >= 0.6 is 0 Å². The highest BCUT2D eigenvalue weighted by molar-refractivity contribution is 7.89. The van der Waals surface area contributed by atoms with Gasteiger partial charge in [0.2, 0.25) is 10.0 Å². The van der Waals surface area contributed by atoms with E-state index >= 15 is 0 Å². The predicted molar refractivity (Wildman–Crippen MR) is 74.0 cm³/mol. The molecule has 1 N–H and O–H groups in total. The number of carboxylic acid groups (broad SMARTS) is 1. The van der Waals surface area contributed by atoms with Gasteiger partial charge in [-0.25, -0.2) is 8.42 Å². The minimum atomic E-state index is -3.87. The Hall–Kier alpha value is -1.41. The van der Waals surface area contributed by atoms with Gasteiger partial charge in [-0.2, -0.15) is 9.40 Å². The quantitative estimate of drug-likeness (QED) is 0.854. The number of likely N-dealkylation sites (N-methyl/N-ethyl adjacent to an activating group) is 1. The van der Waals surface area contributed by atoms with E-state index in [0.717, 1.165) is 4.31 Å². The van der Waals surface area contributed by atoms with E-state index < -0.39 is 22.0 Å². The molecule has 0 aliphatic heterocycles. The number of aromatic nitrogens is 2. The molecule has 1 aromatic rings. The van der Waals surface area contributed by atoms with Gasteiger partial charge in [-0.05, 0) is 27.7 Å². The summed E-state index contributed by atoms with van der Waals surface area (Å²) in [5.74, 6) is -1.18. The molecule has 0 spiro atoms. The van der Waals surface area contributed by atoms with Crippen LogP contribution in [0.4, 0.5) is 0 Å². The Morgan fingerprint density at radius 3 is 2.35 bits per heavy atom. The summed E-state index contributed by atoms with van der Waals surface area (Å²) < 4.78 is 27.7. The van der Waals surface area contributed by atoms with Gasteiger partial charge < -0.3 is 5.11 Å². The minimum Gasteiger partial charge on any atom is -0.480 e. The van der Waals surface area contributed by atoms with Crippen LogP contribution < -0.4 is 0 Å². The zero-order valence-corrected chi connectivity index (χ0v) is 13.2. The molecule has 7 nitrogen and oxygen atoms in total. The van der Waals surface area contributed by atoms with E-state index in [4.69, 9.17) is 5.11 Å². The normalized spacial score (nSPS) is 13.9. The van der Waals surface area contributed by atoms with Crippen molar-refractivity contribution in [3.8, 4) is 0 Å². The van der Waals surface area contributed by atoms with Crippen molar-refractivity contribution >= 4 is 16.0 Å². The van der Waals surface area contributed by atoms with Crippen molar-refractivity contribution in [2.24, 2.45) is 0 Å². The Morgan fingerprint density at radius 2 is 2.00 bits per heavy atom. The van der Waals surface area contributed by atoms with Crippen LogP contribution in [-0.4, -0.2) is 46.2 Å². The third-order valence-electron chi connectivity index (χ3n) is 3.18. The Balaban J connectivity index is 3.32. The van der Waals surface area contributed by atoms with Gasteiger partial charge in [-0.3, -0.25) is 9.48 Å². The lowest BCUT2D eigenvalue weighted by Gasteiger charge is -2.24. The molecule has 1 unspecified atom stereocenters. The third-order valence-corrected chi connectivity index (χ3v) is 5.32. The molecular formula is C12H21N3O4S. The van der Waals surface area contributed by atoms with Crippen LogP contribution in [0.1, 0.15) is 39.4 Å². The van der Waals surface area contributed by atoms with Crippen LogP contribution in [-0.2, 0) is 14.8 Å². The maximum Gasteiger partial charge on any atom is 0.321 e. The molecular weight excluding hydrogens is 282 g/mol. The summed E-state index contributed by atoms with van der Waals surface area (Å²) in [6.07, 6.45) is 1.28. The van der Waals surface area contributed by atoms with Crippen molar-refractivity contribution < 1.29 is 18.3 Å². The average molecular weight is 303 g/mol. The number of rotatable bonds is 6. The van der Waals surface area contributed by atoms with E-state index in [0.29, 0.717) is 5.69 Å². The Labute approximate surface area is 119 Å². The maximum absolute atomic E-state index is 12.6. The molecule has 0 radical (unpaired) electrons. The predicted octanol–water partition coefficient (Wildman–Crippen LogP) is 1.26. The summed E-state index contributed by atoms with van der Waals surface area (Å²) in [6, 6.07) is -1.09. The molecule has 1 heterocycles. The van der Waals surface area contributed by atoms with Crippen LogP contribution in [0.3, 0.4) is 0 Å². The van der Waals surface area contributed by atoms with E-state index in [1.54, 1.807) is 18.5 Å². The monoisotopic (exact) mass is 303 g/mol. The standard InChI is InChI=1S/C12H21N3O4S/c1-6-14(10(5)12(16)17)20(18,19)11-7-13-15(8(2)3)9(11)4/h7-8,10H,6H2,1-5H3,(H,16,17). The number of hydrogen-bond acceptors (Lipinski definition) is 4. The van der Waals surface area contributed by atoms with E-state index in [-0.39, 0.29) is 17.5 Å². The van der Waals surface area contributed by atoms with Gasteiger partial charge in [0, 0.05) is 12.6 Å². The van der Waals surface area contributed by atoms with Crippen molar-refractivity contribution in [1.82, 2.24) is 14.1 Å². The summed E-state index contributed by atoms with van der Waals surface area (Å²) >= 11 is 0. The van der Waals surface area contributed by atoms with Crippen molar-refractivity contribution in [3.63, 3.8) is 0 Å².